The molecular formula is C25H30N2O4S. The van der Waals surface area contributed by atoms with Crippen LogP contribution in [0.3, 0.4) is 0 Å². The van der Waals surface area contributed by atoms with Crippen molar-refractivity contribution in [1.82, 2.24) is 9.21 Å². The molecule has 1 saturated heterocycles. The van der Waals surface area contributed by atoms with Crippen LogP contribution in [0, 0.1) is 0 Å². The summed E-state index contributed by atoms with van der Waals surface area (Å²) in [5.74, 6) is 0.931. The largest absolute Gasteiger partial charge is 0.492 e. The van der Waals surface area contributed by atoms with Gasteiger partial charge in [0.15, 0.2) is 0 Å². The second-order valence-corrected chi connectivity index (χ2v) is 10.9. The molecule has 0 atom stereocenters. The number of amides is 1. The summed E-state index contributed by atoms with van der Waals surface area (Å²) in [6, 6.07) is 11.5. The van der Waals surface area contributed by atoms with E-state index in [1.165, 1.54) is 9.87 Å². The minimum Gasteiger partial charge on any atom is -0.492 e. The lowest BCUT2D eigenvalue weighted by Crippen LogP contribution is -2.32. The Balaban J connectivity index is 1.33. The average molecular weight is 455 g/mol. The fourth-order valence-electron chi connectivity index (χ4n) is 5.02. The second-order valence-electron chi connectivity index (χ2n) is 9.00. The first-order valence-electron chi connectivity index (χ1n) is 11.6. The summed E-state index contributed by atoms with van der Waals surface area (Å²) in [4.78, 5) is 14.7. The van der Waals surface area contributed by atoms with Crippen molar-refractivity contribution in [2.24, 2.45) is 0 Å². The quantitative estimate of drug-likeness (QED) is 0.695. The number of fused-ring (bicyclic) bond motifs is 2. The van der Waals surface area contributed by atoms with E-state index >= 15 is 0 Å². The molecule has 1 amide bonds. The Morgan fingerprint density at radius 1 is 0.906 bits per heavy atom. The van der Waals surface area contributed by atoms with E-state index in [0.717, 1.165) is 67.6 Å². The third-order valence-electron chi connectivity index (χ3n) is 6.86. The first-order chi connectivity index (χ1) is 15.5. The number of sulfonamides is 1. The summed E-state index contributed by atoms with van der Waals surface area (Å²) in [6.07, 6.45) is 6.39. The van der Waals surface area contributed by atoms with Gasteiger partial charge in [-0.25, -0.2) is 8.42 Å². The monoisotopic (exact) mass is 454 g/mol. The smallest absolute Gasteiger partial charge is 0.243 e. The van der Waals surface area contributed by atoms with Gasteiger partial charge in [-0.2, -0.15) is 4.31 Å². The predicted molar refractivity (Wildman–Crippen MR) is 122 cm³/mol. The van der Waals surface area contributed by atoms with E-state index in [2.05, 4.69) is 0 Å². The predicted octanol–water partition coefficient (Wildman–Crippen LogP) is 3.31. The molecule has 7 heteroatoms. The molecule has 2 aromatic rings. The van der Waals surface area contributed by atoms with Gasteiger partial charge >= 0.3 is 0 Å². The van der Waals surface area contributed by atoms with E-state index in [9.17, 15) is 13.2 Å². The van der Waals surface area contributed by atoms with E-state index in [1.54, 1.807) is 6.07 Å². The second kappa shape index (κ2) is 8.87. The Bertz CT molecular complexity index is 1120. The summed E-state index contributed by atoms with van der Waals surface area (Å²) in [6.45, 7) is 2.66. The lowest BCUT2D eigenvalue weighted by Gasteiger charge is -2.20. The molecule has 0 spiro atoms. The third-order valence-corrected chi connectivity index (χ3v) is 8.71. The molecule has 5 rings (SSSR count). The van der Waals surface area contributed by atoms with Crippen LogP contribution < -0.4 is 4.74 Å². The van der Waals surface area contributed by atoms with Gasteiger partial charge in [-0.1, -0.05) is 18.2 Å². The van der Waals surface area contributed by atoms with Crippen molar-refractivity contribution in [2.75, 3.05) is 26.2 Å². The molecule has 0 unspecified atom stereocenters. The minimum absolute atomic E-state index is 0.203. The SMILES string of the molecule is O=C(CCc1ccc2c(c1)CN(S(=O)(=O)c1ccc3c(c1)CCC3)CCO2)N1CCCC1. The standard InChI is InChI=1S/C25H30N2O4S/c28-25(26-12-1-2-13-26)11-7-19-6-10-24-22(16-19)18-27(14-15-31-24)32(29,30)23-9-8-20-4-3-5-21(20)17-23/h6,8-10,16-17H,1-5,7,11-15,18H2. The maximum atomic E-state index is 13.4. The van der Waals surface area contributed by atoms with Crippen LogP contribution in [0.25, 0.3) is 0 Å². The van der Waals surface area contributed by atoms with Crippen LogP contribution in [-0.4, -0.2) is 49.8 Å². The Morgan fingerprint density at radius 2 is 1.72 bits per heavy atom. The van der Waals surface area contributed by atoms with Crippen molar-refractivity contribution in [3.05, 3.63) is 58.7 Å². The number of likely N-dealkylation sites (tertiary alicyclic amines) is 1. The summed E-state index contributed by atoms with van der Waals surface area (Å²) < 4.78 is 34.2. The Labute approximate surface area is 190 Å². The Hall–Kier alpha value is -2.38. The van der Waals surface area contributed by atoms with Crippen LogP contribution in [0.5, 0.6) is 5.75 Å². The molecule has 0 bridgehead atoms. The summed E-state index contributed by atoms with van der Waals surface area (Å²) in [5, 5.41) is 0. The highest BCUT2D eigenvalue weighted by Gasteiger charge is 2.29. The molecule has 2 aliphatic heterocycles. The van der Waals surface area contributed by atoms with E-state index in [0.29, 0.717) is 30.9 Å². The molecule has 0 N–H and O–H groups in total. The number of rotatable bonds is 5. The molecule has 2 heterocycles. The van der Waals surface area contributed by atoms with Crippen molar-refractivity contribution < 1.29 is 17.9 Å². The molecule has 32 heavy (non-hydrogen) atoms. The number of benzene rings is 2. The fourth-order valence-corrected chi connectivity index (χ4v) is 6.47. The fraction of sp³-hybridized carbons (Fsp3) is 0.480. The molecule has 3 aliphatic rings. The van der Waals surface area contributed by atoms with Gasteiger partial charge in [-0.3, -0.25) is 4.79 Å². The van der Waals surface area contributed by atoms with Crippen LogP contribution in [-0.2, 0) is 40.6 Å². The minimum atomic E-state index is -3.61. The highest BCUT2D eigenvalue weighted by Crippen LogP contribution is 2.30. The van der Waals surface area contributed by atoms with Gasteiger partial charge in [0.2, 0.25) is 15.9 Å². The average Bonchev–Trinajstić information content (AvgIpc) is 3.45. The van der Waals surface area contributed by atoms with Crippen LogP contribution in [0.2, 0.25) is 0 Å². The van der Waals surface area contributed by atoms with Crippen molar-refractivity contribution in [1.29, 1.82) is 0 Å². The number of hydrogen-bond acceptors (Lipinski definition) is 4. The van der Waals surface area contributed by atoms with Crippen molar-refractivity contribution in [3.8, 4) is 5.75 Å². The van der Waals surface area contributed by atoms with Crippen molar-refractivity contribution in [2.45, 2.75) is 56.4 Å². The Kier molecular flexibility index (Phi) is 5.95. The summed E-state index contributed by atoms with van der Waals surface area (Å²) >= 11 is 0. The molecule has 6 nitrogen and oxygen atoms in total. The van der Waals surface area contributed by atoms with E-state index in [-0.39, 0.29) is 12.5 Å². The van der Waals surface area contributed by atoms with Gasteiger partial charge in [-0.15, -0.1) is 0 Å². The van der Waals surface area contributed by atoms with Crippen molar-refractivity contribution in [3.63, 3.8) is 0 Å². The zero-order chi connectivity index (χ0) is 22.1. The van der Waals surface area contributed by atoms with Gasteiger partial charge < -0.3 is 9.64 Å². The van der Waals surface area contributed by atoms with E-state index < -0.39 is 10.0 Å². The first kappa shape index (κ1) is 21.5. The molecular weight excluding hydrogens is 424 g/mol. The number of carbonyl (C=O) groups is 1. The molecule has 0 saturated carbocycles. The maximum absolute atomic E-state index is 13.4. The van der Waals surface area contributed by atoms with Gasteiger partial charge in [0, 0.05) is 38.2 Å². The molecule has 0 radical (unpaired) electrons. The van der Waals surface area contributed by atoms with Gasteiger partial charge in [0.25, 0.3) is 0 Å². The van der Waals surface area contributed by atoms with Crippen LogP contribution in [0.15, 0.2) is 41.3 Å². The molecule has 0 aromatic heterocycles. The number of aryl methyl sites for hydroxylation is 3. The zero-order valence-corrected chi connectivity index (χ0v) is 19.2. The van der Waals surface area contributed by atoms with Crippen LogP contribution in [0.4, 0.5) is 0 Å². The number of ether oxygens (including phenoxy) is 1. The highest BCUT2D eigenvalue weighted by molar-refractivity contribution is 7.89. The first-order valence-corrected chi connectivity index (χ1v) is 13.1. The maximum Gasteiger partial charge on any atom is 0.243 e. The molecule has 2 aromatic carbocycles. The lowest BCUT2D eigenvalue weighted by atomic mass is 10.0. The highest BCUT2D eigenvalue weighted by atomic mass is 32.2. The summed E-state index contributed by atoms with van der Waals surface area (Å²) in [7, 11) is -3.61. The van der Waals surface area contributed by atoms with E-state index in [1.807, 2.05) is 35.2 Å². The topological polar surface area (TPSA) is 66.9 Å². The summed E-state index contributed by atoms with van der Waals surface area (Å²) in [5.41, 5.74) is 4.32. The number of carbonyl (C=O) groups excluding carboxylic acids is 1. The Morgan fingerprint density at radius 3 is 2.56 bits per heavy atom. The van der Waals surface area contributed by atoms with Gasteiger partial charge in [0.1, 0.15) is 12.4 Å². The van der Waals surface area contributed by atoms with Crippen LogP contribution in [0.1, 0.15) is 47.9 Å². The lowest BCUT2D eigenvalue weighted by molar-refractivity contribution is -0.130. The molecule has 1 fully saturated rings. The third kappa shape index (κ3) is 4.28. The number of hydrogen-bond donors (Lipinski definition) is 0. The normalized spacial score (nSPS) is 18.7. The van der Waals surface area contributed by atoms with Crippen molar-refractivity contribution >= 4 is 15.9 Å². The molecule has 1 aliphatic carbocycles. The number of nitrogens with zero attached hydrogens (tertiary/aromatic N) is 2. The van der Waals surface area contributed by atoms with E-state index in [4.69, 9.17) is 4.74 Å². The zero-order valence-electron chi connectivity index (χ0n) is 18.4. The van der Waals surface area contributed by atoms with Gasteiger partial charge in [-0.05, 0) is 73.4 Å². The van der Waals surface area contributed by atoms with Crippen LogP contribution >= 0.6 is 0 Å². The van der Waals surface area contributed by atoms with Gasteiger partial charge in [0.05, 0.1) is 4.90 Å². The molecule has 170 valence electrons.